The molecule has 25 heavy (non-hydrogen) atoms. The Balaban J connectivity index is 1.57. The molecule has 3 rings (SSSR count). The number of aryl methyl sites for hydroxylation is 1. The summed E-state index contributed by atoms with van der Waals surface area (Å²) in [6, 6.07) is 14.3. The van der Waals surface area contributed by atoms with Crippen LogP contribution in [0.5, 0.6) is 0 Å². The summed E-state index contributed by atoms with van der Waals surface area (Å²) in [6.45, 7) is 3.21. The number of hydrogen-bond acceptors (Lipinski definition) is 3. The predicted octanol–water partition coefficient (Wildman–Crippen LogP) is 3.16. The van der Waals surface area contributed by atoms with Crippen molar-refractivity contribution in [1.29, 1.82) is 0 Å². The molecule has 0 unspecified atom stereocenters. The van der Waals surface area contributed by atoms with Gasteiger partial charge in [-0.15, -0.1) is 0 Å². The van der Waals surface area contributed by atoms with Gasteiger partial charge in [-0.05, 0) is 55.7 Å². The van der Waals surface area contributed by atoms with E-state index in [2.05, 4.69) is 10.6 Å². The number of rotatable bonds is 5. The Hall–Kier alpha value is -2.66. The van der Waals surface area contributed by atoms with Crippen LogP contribution in [0, 0.1) is 6.92 Å². The smallest absolute Gasteiger partial charge is 0.255 e. The maximum Gasteiger partial charge on any atom is 0.255 e. The minimum atomic E-state index is -0.159. The fourth-order valence-electron chi connectivity index (χ4n) is 2.84. The van der Waals surface area contributed by atoms with Gasteiger partial charge in [-0.2, -0.15) is 0 Å². The number of amides is 2. The first-order valence-electron chi connectivity index (χ1n) is 8.50. The van der Waals surface area contributed by atoms with E-state index < -0.39 is 0 Å². The highest BCUT2D eigenvalue weighted by molar-refractivity contribution is 6.05. The Bertz CT molecular complexity index is 750. The second-order valence-corrected chi connectivity index (χ2v) is 6.19. The quantitative estimate of drug-likeness (QED) is 0.880. The number of carbonyl (C=O) groups is 2. The molecule has 1 saturated heterocycles. The Morgan fingerprint density at radius 2 is 1.84 bits per heavy atom. The number of hydrogen-bond donors (Lipinski definition) is 2. The molecular weight excluding hydrogens is 316 g/mol. The van der Waals surface area contributed by atoms with Gasteiger partial charge in [0, 0.05) is 30.0 Å². The van der Waals surface area contributed by atoms with Crippen molar-refractivity contribution < 1.29 is 14.3 Å². The highest BCUT2D eigenvalue weighted by Gasteiger charge is 2.16. The number of benzene rings is 2. The lowest BCUT2D eigenvalue weighted by Crippen LogP contribution is -2.31. The Kier molecular flexibility index (Phi) is 5.46. The monoisotopic (exact) mass is 338 g/mol. The topological polar surface area (TPSA) is 67.4 Å². The predicted molar refractivity (Wildman–Crippen MR) is 96.9 cm³/mol. The van der Waals surface area contributed by atoms with E-state index in [0.717, 1.165) is 25.0 Å². The third-order valence-electron chi connectivity index (χ3n) is 4.31. The highest BCUT2D eigenvalue weighted by Crippen LogP contribution is 2.14. The summed E-state index contributed by atoms with van der Waals surface area (Å²) >= 11 is 0. The van der Waals surface area contributed by atoms with Crippen LogP contribution in [0.25, 0.3) is 0 Å². The molecule has 1 aliphatic rings. The van der Waals surface area contributed by atoms with Crippen LogP contribution in [0.4, 0.5) is 5.69 Å². The molecule has 1 atom stereocenters. The highest BCUT2D eigenvalue weighted by atomic mass is 16.5. The van der Waals surface area contributed by atoms with E-state index >= 15 is 0 Å². The van der Waals surface area contributed by atoms with E-state index in [9.17, 15) is 9.59 Å². The standard InChI is InChI=1S/C20H22N2O3/c1-14-5-2-3-7-18(14)20(24)22-16-10-8-15(9-11-16)19(23)21-13-17-6-4-12-25-17/h2-3,5,7-11,17H,4,6,12-13H2,1H3,(H,21,23)(H,22,24)/t17-/m0/s1. The second kappa shape index (κ2) is 7.94. The van der Waals surface area contributed by atoms with Crippen LogP contribution < -0.4 is 10.6 Å². The summed E-state index contributed by atoms with van der Waals surface area (Å²) < 4.78 is 5.49. The van der Waals surface area contributed by atoms with Gasteiger partial charge in [0.25, 0.3) is 11.8 Å². The van der Waals surface area contributed by atoms with Gasteiger partial charge in [0.05, 0.1) is 6.10 Å². The lowest BCUT2D eigenvalue weighted by molar-refractivity contribution is 0.0857. The van der Waals surface area contributed by atoms with Crippen LogP contribution in [0.1, 0.15) is 39.1 Å². The molecule has 1 aliphatic heterocycles. The maximum absolute atomic E-state index is 12.3. The van der Waals surface area contributed by atoms with Gasteiger partial charge in [0.1, 0.15) is 0 Å². The van der Waals surface area contributed by atoms with Crippen LogP contribution in [-0.4, -0.2) is 31.1 Å². The Morgan fingerprint density at radius 1 is 1.08 bits per heavy atom. The normalized spacial score (nSPS) is 16.4. The lowest BCUT2D eigenvalue weighted by Gasteiger charge is -2.11. The summed E-state index contributed by atoms with van der Waals surface area (Å²) in [5, 5.41) is 5.73. The maximum atomic E-state index is 12.3. The fourth-order valence-corrected chi connectivity index (χ4v) is 2.84. The van der Waals surface area contributed by atoms with Crippen molar-refractivity contribution in [1.82, 2.24) is 5.32 Å². The zero-order chi connectivity index (χ0) is 17.6. The number of ether oxygens (including phenoxy) is 1. The summed E-state index contributed by atoms with van der Waals surface area (Å²) in [6.07, 6.45) is 2.16. The molecule has 1 fully saturated rings. The molecule has 2 aromatic carbocycles. The molecule has 0 bridgehead atoms. The van der Waals surface area contributed by atoms with E-state index in [0.29, 0.717) is 23.4 Å². The molecule has 5 nitrogen and oxygen atoms in total. The molecule has 0 radical (unpaired) electrons. The number of carbonyl (C=O) groups excluding carboxylic acids is 2. The molecule has 0 spiro atoms. The molecule has 130 valence electrons. The zero-order valence-corrected chi connectivity index (χ0v) is 14.2. The first-order chi connectivity index (χ1) is 12.1. The van der Waals surface area contributed by atoms with Crippen molar-refractivity contribution >= 4 is 17.5 Å². The first kappa shape index (κ1) is 17.2. The minimum Gasteiger partial charge on any atom is -0.376 e. The third-order valence-corrected chi connectivity index (χ3v) is 4.31. The summed E-state index contributed by atoms with van der Waals surface area (Å²) in [5.41, 5.74) is 2.78. The molecule has 5 heteroatoms. The SMILES string of the molecule is Cc1ccccc1C(=O)Nc1ccc(C(=O)NC[C@@H]2CCCO2)cc1. The van der Waals surface area contributed by atoms with Crippen molar-refractivity contribution in [3.63, 3.8) is 0 Å². The van der Waals surface area contributed by atoms with Gasteiger partial charge in [0.15, 0.2) is 0 Å². The van der Waals surface area contributed by atoms with Gasteiger partial charge in [-0.1, -0.05) is 18.2 Å². The molecule has 0 aliphatic carbocycles. The van der Waals surface area contributed by atoms with E-state index in [-0.39, 0.29) is 17.9 Å². The van der Waals surface area contributed by atoms with E-state index in [1.54, 1.807) is 30.3 Å². The molecule has 2 aromatic rings. The fraction of sp³-hybridized carbons (Fsp3) is 0.300. The first-order valence-corrected chi connectivity index (χ1v) is 8.50. The van der Waals surface area contributed by atoms with Crippen molar-refractivity contribution in [3.8, 4) is 0 Å². The van der Waals surface area contributed by atoms with Gasteiger partial charge < -0.3 is 15.4 Å². The number of anilines is 1. The molecule has 0 saturated carbocycles. The van der Waals surface area contributed by atoms with Gasteiger partial charge >= 0.3 is 0 Å². The molecule has 0 aromatic heterocycles. The van der Waals surface area contributed by atoms with Gasteiger partial charge in [-0.25, -0.2) is 0 Å². The Labute approximate surface area is 147 Å². The minimum absolute atomic E-state index is 0.122. The molecule has 1 heterocycles. The second-order valence-electron chi connectivity index (χ2n) is 6.19. The van der Waals surface area contributed by atoms with Crippen molar-refractivity contribution in [2.24, 2.45) is 0 Å². The summed E-state index contributed by atoms with van der Waals surface area (Å²) in [4.78, 5) is 24.4. The van der Waals surface area contributed by atoms with Crippen molar-refractivity contribution in [3.05, 3.63) is 65.2 Å². The van der Waals surface area contributed by atoms with Gasteiger partial charge in [0.2, 0.25) is 0 Å². The van der Waals surface area contributed by atoms with Crippen LogP contribution in [-0.2, 0) is 4.74 Å². The van der Waals surface area contributed by atoms with E-state index in [4.69, 9.17) is 4.74 Å². The Morgan fingerprint density at radius 3 is 2.52 bits per heavy atom. The molecular formula is C20H22N2O3. The largest absolute Gasteiger partial charge is 0.376 e. The third kappa shape index (κ3) is 4.45. The van der Waals surface area contributed by atoms with Gasteiger partial charge in [-0.3, -0.25) is 9.59 Å². The average Bonchev–Trinajstić information content (AvgIpc) is 3.14. The van der Waals surface area contributed by atoms with Crippen LogP contribution in [0.15, 0.2) is 48.5 Å². The molecule has 2 amide bonds. The van der Waals surface area contributed by atoms with Crippen molar-refractivity contribution in [2.45, 2.75) is 25.9 Å². The van der Waals surface area contributed by atoms with Crippen LogP contribution in [0.3, 0.4) is 0 Å². The van der Waals surface area contributed by atoms with E-state index in [1.165, 1.54) is 0 Å². The van der Waals surface area contributed by atoms with Crippen LogP contribution in [0.2, 0.25) is 0 Å². The molecule has 2 N–H and O–H groups in total. The zero-order valence-electron chi connectivity index (χ0n) is 14.2. The average molecular weight is 338 g/mol. The van der Waals surface area contributed by atoms with Crippen molar-refractivity contribution in [2.75, 3.05) is 18.5 Å². The number of nitrogens with one attached hydrogen (secondary N) is 2. The van der Waals surface area contributed by atoms with E-state index in [1.807, 2.05) is 25.1 Å². The van der Waals surface area contributed by atoms with Crippen LogP contribution >= 0.6 is 0 Å². The summed E-state index contributed by atoms with van der Waals surface area (Å²) in [7, 11) is 0. The summed E-state index contributed by atoms with van der Waals surface area (Å²) in [5.74, 6) is -0.291. The lowest BCUT2D eigenvalue weighted by atomic mass is 10.1.